The molecule has 0 fully saturated rings. The van der Waals surface area contributed by atoms with Crippen LogP contribution in [0.3, 0.4) is 0 Å². The van der Waals surface area contributed by atoms with Crippen molar-refractivity contribution in [2.45, 2.75) is 24.8 Å². The van der Waals surface area contributed by atoms with Gasteiger partial charge in [0.25, 0.3) is 0 Å². The summed E-state index contributed by atoms with van der Waals surface area (Å²) in [4.78, 5) is 13.3. The highest BCUT2D eigenvalue weighted by molar-refractivity contribution is 7.99. The van der Waals surface area contributed by atoms with Crippen LogP contribution in [0.2, 0.25) is 0 Å². The van der Waals surface area contributed by atoms with Gasteiger partial charge in [-0.3, -0.25) is 14.5 Å². The molecule has 0 saturated heterocycles. The Morgan fingerprint density at radius 2 is 1.93 bits per heavy atom. The Balaban J connectivity index is 1.48. The maximum Gasteiger partial charge on any atom is 0.240 e. The van der Waals surface area contributed by atoms with Crippen molar-refractivity contribution in [3.63, 3.8) is 0 Å². The van der Waals surface area contributed by atoms with Gasteiger partial charge in [0, 0.05) is 17.0 Å². The minimum atomic E-state index is -0.237. The van der Waals surface area contributed by atoms with E-state index in [2.05, 4.69) is 15.5 Å². The zero-order valence-electron chi connectivity index (χ0n) is 15.4. The number of aryl methyl sites for hydroxylation is 1. The largest absolute Gasteiger partial charge is 0.355 e. The second-order valence-electron chi connectivity index (χ2n) is 6.31. The van der Waals surface area contributed by atoms with Gasteiger partial charge in [-0.15, -0.1) is 11.8 Å². The number of aromatic nitrogens is 3. The first kappa shape index (κ1) is 20.3. The van der Waals surface area contributed by atoms with E-state index in [1.165, 1.54) is 12.1 Å². The first-order chi connectivity index (χ1) is 13.5. The van der Waals surface area contributed by atoms with Crippen molar-refractivity contribution in [2.24, 2.45) is 0 Å². The minimum absolute atomic E-state index is 0.113. The van der Waals surface area contributed by atoms with Gasteiger partial charge in [-0.05, 0) is 55.6 Å². The van der Waals surface area contributed by atoms with Crippen molar-refractivity contribution in [1.29, 1.82) is 0 Å². The van der Waals surface area contributed by atoms with Crippen LogP contribution in [-0.4, -0.2) is 33.0 Å². The third-order valence-corrected chi connectivity index (χ3v) is 5.51. The molecule has 0 saturated carbocycles. The molecule has 1 aromatic heterocycles. The second-order valence-corrected chi connectivity index (χ2v) is 7.87. The van der Waals surface area contributed by atoms with E-state index in [9.17, 15) is 9.18 Å². The highest BCUT2D eigenvalue weighted by atomic mass is 32.2. The van der Waals surface area contributed by atoms with Gasteiger partial charge >= 0.3 is 0 Å². The fourth-order valence-electron chi connectivity index (χ4n) is 2.61. The van der Waals surface area contributed by atoms with Crippen LogP contribution in [0.25, 0.3) is 11.4 Å². The summed E-state index contributed by atoms with van der Waals surface area (Å²) in [6, 6.07) is 14.3. The number of hydrogen-bond donors (Lipinski definition) is 2. The quantitative estimate of drug-likeness (QED) is 0.325. The molecule has 0 radical (unpaired) electrons. The van der Waals surface area contributed by atoms with Crippen LogP contribution in [0.15, 0.2) is 53.4 Å². The van der Waals surface area contributed by atoms with Crippen LogP contribution in [0, 0.1) is 17.5 Å². The number of halogens is 1. The van der Waals surface area contributed by atoms with Gasteiger partial charge in [-0.25, -0.2) is 4.39 Å². The number of carbonyl (C=O) groups excluding carboxylic acids is 1. The molecule has 28 heavy (non-hydrogen) atoms. The third-order valence-electron chi connectivity index (χ3n) is 4.10. The highest BCUT2D eigenvalue weighted by Crippen LogP contribution is 2.19. The molecule has 0 atom stereocenters. The van der Waals surface area contributed by atoms with E-state index in [-0.39, 0.29) is 18.3 Å². The van der Waals surface area contributed by atoms with E-state index in [1.54, 1.807) is 28.5 Å². The maximum absolute atomic E-state index is 12.9. The number of benzene rings is 2. The fourth-order valence-corrected chi connectivity index (χ4v) is 3.66. The Labute approximate surface area is 172 Å². The van der Waals surface area contributed by atoms with Crippen LogP contribution in [0.1, 0.15) is 12.0 Å². The zero-order valence-corrected chi connectivity index (χ0v) is 17.1. The van der Waals surface area contributed by atoms with Crippen molar-refractivity contribution < 1.29 is 9.18 Å². The maximum atomic E-state index is 12.9. The van der Waals surface area contributed by atoms with Gasteiger partial charge in [0.05, 0.1) is 0 Å². The molecular weight excluding hydrogens is 395 g/mol. The van der Waals surface area contributed by atoms with E-state index in [0.717, 1.165) is 28.2 Å². The summed E-state index contributed by atoms with van der Waals surface area (Å²) in [5.74, 6) is 1.13. The van der Waals surface area contributed by atoms with Gasteiger partial charge in [0.15, 0.2) is 10.6 Å². The van der Waals surface area contributed by atoms with Crippen LogP contribution in [0.5, 0.6) is 0 Å². The monoisotopic (exact) mass is 416 g/mol. The second kappa shape index (κ2) is 9.66. The standard InChI is InChI=1S/C20H21FN4OS2/c1-14-3-5-15(6-4-14)19-23-24-20(27)25(19)13-18(26)22-11-2-12-28-17-9-7-16(21)8-10-17/h3-10H,2,11-13H2,1H3,(H,22,26)(H,24,27). The Morgan fingerprint density at radius 1 is 1.21 bits per heavy atom. The van der Waals surface area contributed by atoms with Crippen LogP contribution in [0.4, 0.5) is 4.39 Å². The summed E-state index contributed by atoms with van der Waals surface area (Å²) in [6.45, 7) is 2.70. The van der Waals surface area contributed by atoms with E-state index in [4.69, 9.17) is 12.2 Å². The lowest BCUT2D eigenvalue weighted by atomic mass is 10.1. The molecule has 1 heterocycles. The number of amides is 1. The molecule has 8 heteroatoms. The van der Waals surface area contributed by atoms with E-state index < -0.39 is 0 Å². The number of hydrogen-bond acceptors (Lipinski definition) is 4. The Bertz CT molecular complexity index is 981. The SMILES string of the molecule is Cc1ccc(-c2n[nH]c(=S)n2CC(=O)NCCCSc2ccc(F)cc2)cc1. The number of carbonyl (C=O) groups is 1. The van der Waals surface area contributed by atoms with Gasteiger partial charge in [-0.1, -0.05) is 29.8 Å². The topological polar surface area (TPSA) is 62.7 Å². The number of H-pyrrole nitrogens is 1. The molecule has 0 aliphatic rings. The van der Waals surface area contributed by atoms with Crippen molar-refractivity contribution >= 4 is 29.9 Å². The summed E-state index contributed by atoms with van der Waals surface area (Å²) in [7, 11) is 0. The fraction of sp³-hybridized carbons (Fsp3) is 0.250. The van der Waals surface area contributed by atoms with Gasteiger partial charge in [-0.2, -0.15) is 5.10 Å². The van der Waals surface area contributed by atoms with Gasteiger partial charge < -0.3 is 5.32 Å². The van der Waals surface area contributed by atoms with E-state index >= 15 is 0 Å². The van der Waals surface area contributed by atoms with Crippen molar-refractivity contribution in [3.8, 4) is 11.4 Å². The zero-order chi connectivity index (χ0) is 19.9. The molecule has 2 aromatic carbocycles. The smallest absolute Gasteiger partial charge is 0.240 e. The predicted octanol–water partition coefficient (Wildman–Crippen LogP) is 4.35. The first-order valence-corrected chi connectivity index (χ1v) is 10.3. The van der Waals surface area contributed by atoms with E-state index in [1.807, 2.05) is 31.2 Å². The van der Waals surface area contributed by atoms with Crippen LogP contribution in [-0.2, 0) is 11.3 Å². The lowest BCUT2D eigenvalue weighted by Crippen LogP contribution is -2.29. The molecule has 146 valence electrons. The summed E-state index contributed by atoms with van der Waals surface area (Å²) in [5, 5.41) is 9.92. The average molecular weight is 417 g/mol. The van der Waals surface area contributed by atoms with Crippen LogP contribution >= 0.6 is 24.0 Å². The minimum Gasteiger partial charge on any atom is -0.355 e. The number of nitrogens with zero attached hydrogens (tertiary/aromatic N) is 2. The molecule has 0 spiro atoms. The van der Waals surface area contributed by atoms with Gasteiger partial charge in [0.1, 0.15) is 12.4 Å². The predicted molar refractivity (Wildman–Crippen MR) is 112 cm³/mol. The molecule has 2 N–H and O–H groups in total. The third kappa shape index (κ3) is 5.53. The average Bonchev–Trinajstić information content (AvgIpc) is 3.04. The van der Waals surface area contributed by atoms with Crippen LogP contribution < -0.4 is 5.32 Å². The molecule has 0 aliphatic heterocycles. The highest BCUT2D eigenvalue weighted by Gasteiger charge is 2.12. The number of rotatable bonds is 8. The molecule has 0 bridgehead atoms. The van der Waals surface area contributed by atoms with Gasteiger partial charge in [0.2, 0.25) is 5.91 Å². The summed E-state index contributed by atoms with van der Waals surface area (Å²) < 4.78 is 15.0. The summed E-state index contributed by atoms with van der Waals surface area (Å²) >= 11 is 6.90. The normalized spacial score (nSPS) is 10.8. The molecule has 0 aliphatic carbocycles. The first-order valence-electron chi connectivity index (χ1n) is 8.90. The van der Waals surface area contributed by atoms with Crippen molar-refractivity contribution in [3.05, 3.63) is 64.7 Å². The Morgan fingerprint density at radius 3 is 2.64 bits per heavy atom. The Hall–Kier alpha value is -2.45. The summed E-state index contributed by atoms with van der Waals surface area (Å²) in [5.41, 5.74) is 2.06. The van der Waals surface area contributed by atoms with Crippen molar-refractivity contribution in [1.82, 2.24) is 20.1 Å². The molecule has 5 nitrogen and oxygen atoms in total. The Kier molecular flexibility index (Phi) is 7.00. The molecule has 3 rings (SSSR count). The molecule has 0 unspecified atom stereocenters. The number of aromatic amines is 1. The number of nitrogens with one attached hydrogen (secondary N) is 2. The number of thioether (sulfide) groups is 1. The molecular formula is C20H21FN4OS2. The molecule has 1 amide bonds. The van der Waals surface area contributed by atoms with Crippen molar-refractivity contribution in [2.75, 3.05) is 12.3 Å². The molecule has 3 aromatic rings. The summed E-state index contributed by atoms with van der Waals surface area (Å²) in [6.07, 6.45) is 0.815. The lowest BCUT2D eigenvalue weighted by Gasteiger charge is -2.08. The lowest BCUT2D eigenvalue weighted by molar-refractivity contribution is -0.121. The van der Waals surface area contributed by atoms with E-state index in [0.29, 0.717) is 17.1 Å².